The number of rotatable bonds is 6. The highest BCUT2D eigenvalue weighted by molar-refractivity contribution is 5.57. The molecule has 0 aliphatic carbocycles. The van der Waals surface area contributed by atoms with E-state index in [1.54, 1.807) is 7.11 Å². The average Bonchev–Trinajstić information content (AvgIpc) is 2.48. The minimum atomic E-state index is 0.322. The molecule has 0 fully saturated rings. The fourth-order valence-electron chi connectivity index (χ4n) is 2.25. The van der Waals surface area contributed by atoms with Gasteiger partial charge in [0.05, 0.1) is 18.8 Å². The Morgan fingerprint density at radius 3 is 2.37 bits per heavy atom. The van der Waals surface area contributed by atoms with Crippen LogP contribution in [0.5, 0.6) is 5.75 Å². The lowest BCUT2D eigenvalue weighted by Gasteiger charge is -2.21. The number of ether oxygens (including phenoxy) is 1. The Labute approximate surface area is 115 Å². The molecular weight excluding hydrogens is 234 g/mol. The topological polar surface area (TPSA) is 21.3 Å². The number of hydrogen-bond donors (Lipinski definition) is 1. The first-order valence-corrected chi connectivity index (χ1v) is 6.79. The van der Waals surface area contributed by atoms with Gasteiger partial charge in [0.25, 0.3) is 0 Å². The Balaban J connectivity index is 2.21. The highest BCUT2D eigenvalue weighted by Gasteiger charge is 2.12. The zero-order valence-corrected chi connectivity index (χ0v) is 11.6. The van der Waals surface area contributed by atoms with Crippen LogP contribution in [0.15, 0.2) is 54.6 Å². The molecule has 0 bridgehead atoms. The summed E-state index contributed by atoms with van der Waals surface area (Å²) in [6, 6.07) is 18.9. The molecule has 0 heterocycles. The third-order valence-corrected chi connectivity index (χ3v) is 3.22. The molecule has 2 heteroatoms. The molecule has 1 unspecified atom stereocenters. The van der Waals surface area contributed by atoms with E-state index in [4.69, 9.17) is 4.74 Å². The van der Waals surface area contributed by atoms with Gasteiger partial charge >= 0.3 is 0 Å². The average molecular weight is 255 g/mol. The molecule has 100 valence electrons. The summed E-state index contributed by atoms with van der Waals surface area (Å²) < 4.78 is 5.40. The van der Waals surface area contributed by atoms with Gasteiger partial charge in [-0.2, -0.15) is 0 Å². The van der Waals surface area contributed by atoms with E-state index in [9.17, 15) is 0 Å². The first kappa shape index (κ1) is 13.5. The predicted octanol–water partition coefficient (Wildman–Crippen LogP) is 4.65. The van der Waals surface area contributed by atoms with E-state index in [1.165, 1.54) is 5.56 Å². The second-order valence-corrected chi connectivity index (χ2v) is 4.60. The molecule has 1 atom stereocenters. The van der Waals surface area contributed by atoms with Crippen LogP contribution in [-0.4, -0.2) is 7.11 Å². The van der Waals surface area contributed by atoms with Gasteiger partial charge in [-0.05, 0) is 24.1 Å². The monoisotopic (exact) mass is 255 g/mol. The zero-order valence-electron chi connectivity index (χ0n) is 11.6. The first-order valence-electron chi connectivity index (χ1n) is 6.79. The number of nitrogens with one attached hydrogen (secondary N) is 1. The smallest absolute Gasteiger partial charge is 0.141 e. The third kappa shape index (κ3) is 3.50. The van der Waals surface area contributed by atoms with Crippen LogP contribution in [0.2, 0.25) is 0 Å². The van der Waals surface area contributed by atoms with Crippen LogP contribution in [0, 0.1) is 0 Å². The lowest BCUT2D eigenvalue weighted by atomic mass is 10.0. The van der Waals surface area contributed by atoms with Crippen molar-refractivity contribution in [2.24, 2.45) is 0 Å². The van der Waals surface area contributed by atoms with Crippen molar-refractivity contribution in [2.75, 3.05) is 12.4 Å². The minimum Gasteiger partial charge on any atom is -0.495 e. The number of para-hydroxylation sites is 2. The molecule has 2 nitrogen and oxygen atoms in total. The van der Waals surface area contributed by atoms with E-state index in [2.05, 4.69) is 48.6 Å². The standard InChI is InChI=1S/C17H21NO/c1-3-9-15(14-10-5-4-6-11-14)18-16-12-7-8-13-17(16)19-2/h4-8,10-13,15,18H,3,9H2,1-2H3. The van der Waals surface area contributed by atoms with Gasteiger partial charge in [-0.3, -0.25) is 0 Å². The Morgan fingerprint density at radius 2 is 1.68 bits per heavy atom. The summed E-state index contributed by atoms with van der Waals surface area (Å²) in [5, 5.41) is 3.59. The lowest BCUT2D eigenvalue weighted by molar-refractivity contribution is 0.415. The second kappa shape index (κ2) is 6.83. The SMILES string of the molecule is CCCC(Nc1ccccc1OC)c1ccccc1. The van der Waals surface area contributed by atoms with Crippen molar-refractivity contribution < 1.29 is 4.74 Å². The number of benzene rings is 2. The van der Waals surface area contributed by atoms with Crippen LogP contribution >= 0.6 is 0 Å². The van der Waals surface area contributed by atoms with Gasteiger partial charge in [0.15, 0.2) is 0 Å². The van der Waals surface area contributed by atoms with Crippen molar-refractivity contribution in [1.82, 2.24) is 0 Å². The van der Waals surface area contributed by atoms with Crippen LogP contribution in [0.25, 0.3) is 0 Å². The molecule has 0 spiro atoms. The fourth-order valence-corrected chi connectivity index (χ4v) is 2.25. The van der Waals surface area contributed by atoms with Gasteiger partial charge < -0.3 is 10.1 Å². The largest absolute Gasteiger partial charge is 0.495 e. The van der Waals surface area contributed by atoms with E-state index in [-0.39, 0.29) is 0 Å². The normalized spacial score (nSPS) is 11.9. The van der Waals surface area contributed by atoms with Crippen LogP contribution < -0.4 is 10.1 Å². The van der Waals surface area contributed by atoms with Crippen molar-refractivity contribution in [2.45, 2.75) is 25.8 Å². The molecule has 0 amide bonds. The molecule has 19 heavy (non-hydrogen) atoms. The number of methoxy groups -OCH3 is 1. The second-order valence-electron chi connectivity index (χ2n) is 4.60. The van der Waals surface area contributed by atoms with E-state index in [0.717, 1.165) is 24.3 Å². The number of anilines is 1. The maximum absolute atomic E-state index is 5.40. The summed E-state index contributed by atoms with van der Waals surface area (Å²) in [5.74, 6) is 0.888. The van der Waals surface area contributed by atoms with Crippen molar-refractivity contribution in [3.8, 4) is 5.75 Å². The maximum Gasteiger partial charge on any atom is 0.141 e. The Hall–Kier alpha value is -1.96. The van der Waals surface area contributed by atoms with Crippen LogP contribution in [0.3, 0.4) is 0 Å². The van der Waals surface area contributed by atoms with Crippen molar-refractivity contribution in [3.63, 3.8) is 0 Å². The quantitative estimate of drug-likeness (QED) is 0.811. The molecule has 2 aromatic rings. The summed E-state index contributed by atoms with van der Waals surface area (Å²) in [6.45, 7) is 2.21. The van der Waals surface area contributed by atoms with Gasteiger partial charge in [0, 0.05) is 0 Å². The highest BCUT2D eigenvalue weighted by atomic mass is 16.5. The van der Waals surface area contributed by atoms with E-state index in [1.807, 2.05) is 18.2 Å². The van der Waals surface area contributed by atoms with Crippen LogP contribution in [-0.2, 0) is 0 Å². The molecule has 0 radical (unpaired) electrons. The summed E-state index contributed by atoms with van der Waals surface area (Å²) in [5.41, 5.74) is 2.36. The van der Waals surface area contributed by atoms with Crippen molar-refractivity contribution >= 4 is 5.69 Å². The summed E-state index contributed by atoms with van der Waals surface area (Å²) in [4.78, 5) is 0. The minimum absolute atomic E-state index is 0.322. The Bertz CT molecular complexity index is 496. The maximum atomic E-state index is 5.40. The summed E-state index contributed by atoms with van der Waals surface area (Å²) in [7, 11) is 1.71. The zero-order chi connectivity index (χ0) is 13.5. The van der Waals surface area contributed by atoms with Gasteiger partial charge in [0.1, 0.15) is 5.75 Å². The molecule has 2 rings (SSSR count). The number of hydrogen-bond acceptors (Lipinski definition) is 2. The van der Waals surface area contributed by atoms with Crippen molar-refractivity contribution in [1.29, 1.82) is 0 Å². The van der Waals surface area contributed by atoms with E-state index in [0.29, 0.717) is 6.04 Å². The lowest BCUT2D eigenvalue weighted by Crippen LogP contribution is -2.11. The van der Waals surface area contributed by atoms with E-state index >= 15 is 0 Å². The molecule has 0 aliphatic heterocycles. The molecule has 0 saturated heterocycles. The highest BCUT2D eigenvalue weighted by Crippen LogP contribution is 2.29. The fraction of sp³-hybridized carbons (Fsp3) is 0.294. The summed E-state index contributed by atoms with van der Waals surface area (Å²) in [6.07, 6.45) is 2.24. The van der Waals surface area contributed by atoms with E-state index < -0.39 is 0 Å². The van der Waals surface area contributed by atoms with Gasteiger partial charge in [0.2, 0.25) is 0 Å². The molecule has 0 aliphatic rings. The first-order chi connectivity index (χ1) is 9.35. The Kier molecular flexibility index (Phi) is 4.85. The third-order valence-electron chi connectivity index (χ3n) is 3.22. The van der Waals surface area contributed by atoms with Gasteiger partial charge in [-0.15, -0.1) is 0 Å². The molecule has 0 saturated carbocycles. The Morgan fingerprint density at radius 1 is 1.00 bits per heavy atom. The molecule has 1 N–H and O–H groups in total. The predicted molar refractivity (Wildman–Crippen MR) is 80.7 cm³/mol. The van der Waals surface area contributed by atoms with Crippen LogP contribution in [0.4, 0.5) is 5.69 Å². The molecule has 0 aromatic heterocycles. The van der Waals surface area contributed by atoms with Gasteiger partial charge in [-0.1, -0.05) is 55.8 Å². The van der Waals surface area contributed by atoms with Gasteiger partial charge in [-0.25, -0.2) is 0 Å². The van der Waals surface area contributed by atoms with Crippen molar-refractivity contribution in [3.05, 3.63) is 60.2 Å². The summed E-state index contributed by atoms with van der Waals surface area (Å²) >= 11 is 0. The molecule has 2 aromatic carbocycles. The van der Waals surface area contributed by atoms with Crippen LogP contribution in [0.1, 0.15) is 31.4 Å². The molecular formula is C17H21NO.